The van der Waals surface area contributed by atoms with Crippen molar-refractivity contribution in [3.05, 3.63) is 29.3 Å². The highest BCUT2D eigenvalue weighted by Crippen LogP contribution is 2.26. The zero-order valence-corrected chi connectivity index (χ0v) is 19.9. The Morgan fingerprint density at radius 2 is 1.97 bits per heavy atom. The van der Waals surface area contributed by atoms with Gasteiger partial charge in [-0.15, -0.1) is 0 Å². The van der Waals surface area contributed by atoms with Crippen molar-refractivity contribution in [2.24, 2.45) is 0 Å². The Balaban J connectivity index is 1.54. The maximum absolute atomic E-state index is 12.3. The summed E-state index contributed by atoms with van der Waals surface area (Å²) in [5.74, 6) is -1.25. The van der Waals surface area contributed by atoms with Crippen LogP contribution < -0.4 is 10.6 Å². The van der Waals surface area contributed by atoms with Crippen LogP contribution in [0.15, 0.2) is 18.2 Å². The van der Waals surface area contributed by atoms with Gasteiger partial charge < -0.3 is 15.3 Å². The van der Waals surface area contributed by atoms with Crippen LogP contribution in [0.1, 0.15) is 67.3 Å². The largest absolute Gasteiger partial charge is 0.481 e. The summed E-state index contributed by atoms with van der Waals surface area (Å²) >= 11 is 0. The van der Waals surface area contributed by atoms with E-state index in [0.717, 1.165) is 69.3 Å². The molecule has 2 heterocycles. The van der Waals surface area contributed by atoms with Gasteiger partial charge >= 0.3 is 5.97 Å². The second-order valence-electron chi connectivity index (χ2n) is 9.34. The van der Waals surface area contributed by atoms with Crippen LogP contribution in [0.4, 0.5) is 5.69 Å². The van der Waals surface area contributed by atoms with Crippen LogP contribution >= 0.6 is 0 Å². The van der Waals surface area contributed by atoms with Crippen LogP contribution in [0.5, 0.6) is 0 Å². The fraction of sp³-hybridized carbons (Fsp3) is 0.600. The number of unbranched alkanes of at least 4 members (excludes halogenated alkanes) is 2. The summed E-state index contributed by atoms with van der Waals surface area (Å²) in [4.78, 5) is 50.5. The maximum atomic E-state index is 12.3. The third-order valence-electron chi connectivity index (χ3n) is 6.80. The second-order valence-corrected chi connectivity index (χ2v) is 9.34. The highest BCUT2D eigenvalue weighted by Gasteiger charge is 2.30. The summed E-state index contributed by atoms with van der Waals surface area (Å²) in [6, 6.07) is 5.54. The van der Waals surface area contributed by atoms with E-state index in [9.17, 15) is 19.2 Å². The number of carbonyl (C=O) groups excluding carboxylic acids is 3. The molecule has 2 aliphatic heterocycles. The lowest BCUT2D eigenvalue weighted by Crippen LogP contribution is -2.51. The lowest BCUT2D eigenvalue weighted by atomic mass is 9.99. The molecule has 9 nitrogen and oxygen atoms in total. The van der Waals surface area contributed by atoms with Crippen molar-refractivity contribution in [3.63, 3.8) is 0 Å². The number of rotatable bonds is 12. The number of amides is 2. The Morgan fingerprint density at radius 3 is 2.65 bits per heavy atom. The normalized spacial score (nSPS) is 19.8. The maximum Gasteiger partial charge on any atom is 0.303 e. The van der Waals surface area contributed by atoms with Crippen molar-refractivity contribution in [1.82, 2.24) is 15.1 Å². The molecule has 2 aliphatic rings. The van der Waals surface area contributed by atoms with E-state index >= 15 is 0 Å². The molecule has 186 valence electrons. The number of carboxylic acids is 1. The number of likely N-dealkylation sites (tertiary alicyclic amines) is 1. The smallest absolute Gasteiger partial charge is 0.303 e. The number of nitrogens with one attached hydrogen (secondary N) is 2. The van der Waals surface area contributed by atoms with Gasteiger partial charge in [0.15, 0.2) is 0 Å². The third kappa shape index (κ3) is 7.36. The van der Waals surface area contributed by atoms with Crippen molar-refractivity contribution in [2.75, 3.05) is 32.0 Å². The van der Waals surface area contributed by atoms with Crippen LogP contribution in [-0.2, 0) is 20.9 Å². The fourth-order valence-electron chi connectivity index (χ4n) is 4.80. The first-order valence-corrected chi connectivity index (χ1v) is 12.2. The molecule has 1 unspecified atom stereocenters. The standard InChI is InChI=1S/C25H36N4O5/c1-28(22-9-10-23(31)27-25(22)34)16-20-18(17-30)6-5-7-21(20)26-19-11-14-29(15-12-19)13-4-2-3-8-24(32)33/h5-7,17,19,22,26H,2-4,8-16H2,1H3,(H,32,33)(H,27,31,34). The van der Waals surface area contributed by atoms with Crippen LogP contribution in [0, 0.1) is 0 Å². The second kappa shape index (κ2) is 12.6. The summed E-state index contributed by atoms with van der Waals surface area (Å²) in [6.07, 6.45) is 6.55. The molecule has 1 aromatic rings. The minimum atomic E-state index is -0.729. The Hall–Kier alpha value is -2.78. The molecule has 1 aromatic carbocycles. The molecule has 9 heteroatoms. The van der Waals surface area contributed by atoms with E-state index in [4.69, 9.17) is 5.11 Å². The quantitative estimate of drug-likeness (QED) is 0.241. The number of likely N-dealkylation sites (N-methyl/N-ethyl adjacent to an activating group) is 1. The van der Waals surface area contributed by atoms with Crippen LogP contribution in [-0.4, -0.2) is 77.7 Å². The van der Waals surface area contributed by atoms with Crippen LogP contribution in [0.25, 0.3) is 0 Å². The van der Waals surface area contributed by atoms with E-state index in [2.05, 4.69) is 15.5 Å². The predicted octanol–water partition coefficient (Wildman–Crippen LogP) is 2.26. The molecule has 3 N–H and O–H groups in total. The third-order valence-corrected chi connectivity index (χ3v) is 6.80. The Kier molecular flexibility index (Phi) is 9.59. The SMILES string of the molecule is CN(Cc1c(C=O)cccc1NC1CCN(CCCCCC(=O)O)CC1)C1CCC(=O)NC1=O. The summed E-state index contributed by atoms with van der Waals surface area (Å²) in [7, 11) is 1.85. The first-order valence-electron chi connectivity index (χ1n) is 12.2. The first-order chi connectivity index (χ1) is 16.4. The van der Waals surface area contributed by atoms with E-state index in [-0.39, 0.29) is 18.2 Å². The van der Waals surface area contributed by atoms with Crippen LogP contribution in [0.2, 0.25) is 0 Å². The van der Waals surface area contributed by atoms with E-state index in [0.29, 0.717) is 31.0 Å². The van der Waals surface area contributed by atoms with Gasteiger partial charge in [-0.05, 0) is 57.3 Å². The number of anilines is 1. The minimum absolute atomic E-state index is 0.239. The average molecular weight is 473 g/mol. The molecule has 0 bridgehead atoms. The average Bonchev–Trinajstić information content (AvgIpc) is 2.80. The van der Waals surface area contributed by atoms with Gasteiger partial charge in [0.25, 0.3) is 0 Å². The Morgan fingerprint density at radius 1 is 1.21 bits per heavy atom. The molecule has 2 amide bonds. The van der Waals surface area contributed by atoms with Gasteiger partial charge in [-0.3, -0.25) is 29.4 Å². The van der Waals surface area contributed by atoms with Crippen molar-refractivity contribution >= 4 is 29.8 Å². The Bertz CT molecular complexity index is 882. The number of piperidine rings is 2. The van der Waals surface area contributed by atoms with Crippen molar-refractivity contribution in [3.8, 4) is 0 Å². The highest BCUT2D eigenvalue weighted by atomic mass is 16.4. The first kappa shape index (κ1) is 25.8. The van der Waals surface area contributed by atoms with E-state index < -0.39 is 12.0 Å². The molecular formula is C25H36N4O5. The van der Waals surface area contributed by atoms with Crippen LogP contribution in [0.3, 0.4) is 0 Å². The molecule has 0 aromatic heterocycles. The molecule has 0 radical (unpaired) electrons. The number of aldehydes is 1. The minimum Gasteiger partial charge on any atom is -0.481 e. The van der Waals surface area contributed by atoms with E-state index in [1.54, 1.807) is 6.07 Å². The van der Waals surface area contributed by atoms with Gasteiger partial charge in [0, 0.05) is 49.8 Å². The summed E-state index contributed by atoms with van der Waals surface area (Å²) in [5.41, 5.74) is 2.38. The fourth-order valence-corrected chi connectivity index (χ4v) is 4.80. The summed E-state index contributed by atoms with van der Waals surface area (Å²) in [6.45, 7) is 3.39. The van der Waals surface area contributed by atoms with Gasteiger partial charge in [-0.1, -0.05) is 18.6 Å². The Labute approximate surface area is 200 Å². The zero-order valence-electron chi connectivity index (χ0n) is 19.9. The number of carbonyl (C=O) groups is 4. The number of hydrogen-bond acceptors (Lipinski definition) is 7. The number of benzene rings is 1. The van der Waals surface area contributed by atoms with Crippen molar-refractivity contribution < 1.29 is 24.3 Å². The van der Waals surface area contributed by atoms with Gasteiger partial charge in [-0.25, -0.2) is 0 Å². The summed E-state index contributed by atoms with van der Waals surface area (Å²) < 4.78 is 0. The van der Waals surface area contributed by atoms with Gasteiger partial charge in [-0.2, -0.15) is 0 Å². The molecule has 3 rings (SSSR count). The molecule has 34 heavy (non-hydrogen) atoms. The van der Waals surface area contributed by atoms with E-state index in [1.165, 1.54) is 0 Å². The monoisotopic (exact) mass is 472 g/mol. The molecule has 0 saturated carbocycles. The van der Waals surface area contributed by atoms with Gasteiger partial charge in [0.1, 0.15) is 6.29 Å². The lowest BCUT2D eigenvalue weighted by Gasteiger charge is -2.34. The zero-order chi connectivity index (χ0) is 24.5. The summed E-state index contributed by atoms with van der Waals surface area (Å²) in [5, 5.41) is 14.8. The molecule has 0 spiro atoms. The number of hydrogen-bond donors (Lipinski definition) is 3. The highest BCUT2D eigenvalue weighted by molar-refractivity contribution is 6.00. The topological polar surface area (TPSA) is 119 Å². The van der Waals surface area contributed by atoms with E-state index in [1.807, 2.05) is 24.1 Å². The van der Waals surface area contributed by atoms with Crippen molar-refractivity contribution in [1.29, 1.82) is 0 Å². The van der Waals surface area contributed by atoms with Gasteiger partial charge in [0.05, 0.1) is 6.04 Å². The number of carboxylic acid groups (broad SMARTS) is 1. The van der Waals surface area contributed by atoms with Crippen molar-refractivity contribution in [2.45, 2.75) is 70.0 Å². The molecule has 2 saturated heterocycles. The molecule has 1 atom stereocenters. The van der Waals surface area contributed by atoms with Gasteiger partial charge in [0.2, 0.25) is 11.8 Å². The number of imide groups is 1. The number of nitrogens with zero attached hydrogens (tertiary/aromatic N) is 2. The lowest BCUT2D eigenvalue weighted by molar-refractivity contribution is -0.138. The molecule has 2 fully saturated rings. The molecule has 0 aliphatic carbocycles. The predicted molar refractivity (Wildman–Crippen MR) is 129 cm³/mol. The molecular weight excluding hydrogens is 436 g/mol. The number of aliphatic carboxylic acids is 1.